The predicted octanol–water partition coefficient (Wildman–Crippen LogP) is 9.57. The van der Waals surface area contributed by atoms with Crippen LogP contribution in [0, 0.1) is 0 Å². The molecule has 0 amide bonds. The molecule has 1 aromatic heterocycles. The van der Waals surface area contributed by atoms with Gasteiger partial charge in [0.05, 0.1) is 13.1 Å². The lowest BCUT2D eigenvalue weighted by molar-refractivity contribution is -0.704. The summed E-state index contributed by atoms with van der Waals surface area (Å²) in [5.74, 6) is 1.59. The molecule has 0 aliphatic rings. The lowest BCUT2D eigenvalue weighted by Crippen LogP contribution is -2.37. The van der Waals surface area contributed by atoms with Gasteiger partial charge >= 0.3 is 0 Å². The van der Waals surface area contributed by atoms with E-state index in [1.807, 2.05) is 0 Å². The first-order valence-corrected chi connectivity index (χ1v) is 14.9. The number of rotatable bonds is 24. The zero-order chi connectivity index (χ0) is 23.1. The first kappa shape index (κ1) is 29.2. The molecule has 0 aliphatic heterocycles. The van der Waals surface area contributed by atoms with Crippen molar-refractivity contribution in [3.05, 3.63) is 18.2 Å². The van der Waals surface area contributed by atoms with Gasteiger partial charge in [0.15, 0.2) is 0 Å². The van der Waals surface area contributed by atoms with Gasteiger partial charge in [0, 0.05) is 6.42 Å². The van der Waals surface area contributed by atoms with Crippen molar-refractivity contribution in [2.75, 3.05) is 0 Å². The number of unbranched alkanes of at least 4 members (excludes halogenated alkanes) is 18. The van der Waals surface area contributed by atoms with Crippen LogP contribution in [0.5, 0.6) is 0 Å². The summed E-state index contributed by atoms with van der Waals surface area (Å²) in [5.41, 5.74) is 0. The first-order valence-electron chi connectivity index (χ1n) is 14.9. The van der Waals surface area contributed by atoms with Gasteiger partial charge in [-0.2, -0.15) is 0 Å². The smallest absolute Gasteiger partial charge is 0.234 e. The van der Waals surface area contributed by atoms with Crippen LogP contribution < -0.4 is 4.57 Å². The molecule has 1 aromatic rings. The van der Waals surface area contributed by atoms with E-state index < -0.39 is 0 Å². The maximum atomic E-state index is 2.57. The van der Waals surface area contributed by atoms with E-state index in [9.17, 15) is 0 Å². The van der Waals surface area contributed by atoms with Crippen molar-refractivity contribution in [1.82, 2.24) is 4.57 Å². The molecular weight excluding hydrogens is 388 g/mol. The standard InChI is InChI=1S/C30H59N2/c1-4-7-10-12-13-14-15-16-17-18-19-20-21-23-25-30-31(26-9-6-3)28-29-32(30)27-24-22-11-8-5-2/h28-29H,4-27H2,1-3H3/q+1. The van der Waals surface area contributed by atoms with Crippen molar-refractivity contribution >= 4 is 0 Å². The highest BCUT2D eigenvalue weighted by molar-refractivity contribution is 4.84. The topological polar surface area (TPSA) is 8.81 Å². The van der Waals surface area contributed by atoms with Crippen molar-refractivity contribution in [2.24, 2.45) is 0 Å². The average molecular weight is 448 g/mol. The summed E-state index contributed by atoms with van der Waals surface area (Å²) in [6.45, 7) is 9.33. The Balaban J connectivity index is 2.13. The highest BCUT2D eigenvalue weighted by atomic mass is 15.1. The third-order valence-corrected chi connectivity index (χ3v) is 7.10. The molecule has 2 heteroatoms. The first-order chi connectivity index (χ1) is 15.8. The van der Waals surface area contributed by atoms with Crippen molar-refractivity contribution in [2.45, 2.75) is 175 Å². The van der Waals surface area contributed by atoms with E-state index in [1.165, 1.54) is 154 Å². The molecule has 0 fully saturated rings. The fourth-order valence-corrected chi connectivity index (χ4v) is 4.88. The average Bonchev–Trinajstić information content (AvgIpc) is 3.19. The Morgan fingerprint density at radius 1 is 0.531 bits per heavy atom. The van der Waals surface area contributed by atoms with E-state index in [2.05, 4.69) is 42.3 Å². The molecule has 0 aromatic carbocycles. The lowest BCUT2D eigenvalue weighted by atomic mass is 10.0. The van der Waals surface area contributed by atoms with E-state index in [4.69, 9.17) is 0 Å². The third-order valence-electron chi connectivity index (χ3n) is 7.10. The van der Waals surface area contributed by atoms with Gasteiger partial charge in [-0.3, -0.25) is 0 Å². The van der Waals surface area contributed by atoms with E-state index in [1.54, 1.807) is 5.82 Å². The van der Waals surface area contributed by atoms with E-state index in [-0.39, 0.29) is 0 Å². The molecule has 32 heavy (non-hydrogen) atoms. The second-order valence-electron chi connectivity index (χ2n) is 10.2. The zero-order valence-corrected chi connectivity index (χ0v) is 22.5. The minimum Gasteiger partial charge on any atom is -0.234 e. The van der Waals surface area contributed by atoms with E-state index in [0.29, 0.717) is 0 Å². The van der Waals surface area contributed by atoms with Gasteiger partial charge in [-0.15, -0.1) is 0 Å². The van der Waals surface area contributed by atoms with E-state index in [0.717, 1.165) is 0 Å². The summed E-state index contributed by atoms with van der Waals surface area (Å²) in [5, 5.41) is 0. The summed E-state index contributed by atoms with van der Waals surface area (Å²) in [6.07, 6.45) is 35.6. The fraction of sp³-hybridized carbons (Fsp3) is 0.900. The van der Waals surface area contributed by atoms with Crippen molar-refractivity contribution in [3.63, 3.8) is 0 Å². The number of imidazole rings is 1. The van der Waals surface area contributed by atoms with Crippen LogP contribution in [0.15, 0.2) is 12.4 Å². The molecule has 0 bridgehead atoms. The van der Waals surface area contributed by atoms with Gasteiger partial charge in [-0.1, -0.05) is 130 Å². The zero-order valence-electron chi connectivity index (χ0n) is 22.5. The fourth-order valence-electron chi connectivity index (χ4n) is 4.88. The molecule has 0 N–H and O–H groups in total. The van der Waals surface area contributed by atoms with Crippen LogP contribution in [0.25, 0.3) is 0 Å². The molecule has 0 radical (unpaired) electrons. The normalized spacial score (nSPS) is 11.5. The minimum atomic E-state index is 1.20. The van der Waals surface area contributed by atoms with Crippen LogP contribution in [0.3, 0.4) is 0 Å². The Morgan fingerprint density at radius 2 is 0.969 bits per heavy atom. The van der Waals surface area contributed by atoms with Crippen LogP contribution in [0.2, 0.25) is 0 Å². The van der Waals surface area contributed by atoms with Gasteiger partial charge in [0.2, 0.25) is 0 Å². The highest BCUT2D eigenvalue weighted by Gasteiger charge is 2.16. The molecule has 0 saturated carbocycles. The Labute approximate surface area is 202 Å². The Kier molecular flexibility index (Phi) is 20.1. The molecule has 1 rings (SSSR count). The molecular formula is C30H59N2+. The van der Waals surface area contributed by atoms with Crippen LogP contribution >= 0.6 is 0 Å². The number of nitrogens with zero attached hydrogens (tertiary/aromatic N) is 2. The summed E-state index contributed by atoms with van der Waals surface area (Å²) in [6, 6.07) is 0. The van der Waals surface area contributed by atoms with E-state index >= 15 is 0 Å². The summed E-state index contributed by atoms with van der Waals surface area (Å²) < 4.78 is 5.13. The number of aryl methyl sites for hydroxylation is 2. The summed E-state index contributed by atoms with van der Waals surface area (Å²) in [7, 11) is 0. The molecule has 2 nitrogen and oxygen atoms in total. The lowest BCUT2D eigenvalue weighted by Gasteiger charge is -2.06. The summed E-state index contributed by atoms with van der Waals surface area (Å²) >= 11 is 0. The highest BCUT2D eigenvalue weighted by Crippen LogP contribution is 2.14. The summed E-state index contributed by atoms with van der Waals surface area (Å²) in [4.78, 5) is 0. The number of aromatic nitrogens is 2. The monoisotopic (exact) mass is 447 g/mol. The molecule has 0 spiro atoms. The number of hydrogen-bond acceptors (Lipinski definition) is 0. The Hall–Kier alpha value is -0.790. The maximum Gasteiger partial charge on any atom is 0.256 e. The molecule has 1 heterocycles. The second-order valence-corrected chi connectivity index (χ2v) is 10.2. The number of hydrogen-bond donors (Lipinski definition) is 0. The van der Waals surface area contributed by atoms with Crippen molar-refractivity contribution in [1.29, 1.82) is 0 Å². The molecule has 0 unspecified atom stereocenters. The second kappa shape index (κ2) is 22.0. The quantitative estimate of drug-likeness (QED) is 0.110. The van der Waals surface area contributed by atoms with Crippen LogP contribution in [-0.2, 0) is 19.5 Å². The van der Waals surface area contributed by atoms with Crippen LogP contribution in [-0.4, -0.2) is 4.57 Å². The molecule has 0 saturated heterocycles. The van der Waals surface area contributed by atoms with Gasteiger partial charge in [0.25, 0.3) is 5.82 Å². The largest absolute Gasteiger partial charge is 0.256 e. The van der Waals surface area contributed by atoms with Crippen LogP contribution in [0.1, 0.15) is 161 Å². The molecule has 0 aliphatic carbocycles. The van der Waals surface area contributed by atoms with Gasteiger partial charge < -0.3 is 0 Å². The van der Waals surface area contributed by atoms with Crippen molar-refractivity contribution < 1.29 is 4.57 Å². The molecule has 0 atom stereocenters. The maximum absolute atomic E-state index is 2.57. The third kappa shape index (κ3) is 15.1. The minimum absolute atomic E-state index is 1.20. The Morgan fingerprint density at radius 3 is 1.47 bits per heavy atom. The predicted molar refractivity (Wildman–Crippen MR) is 142 cm³/mol. The SMILES string of the molecule is CCCCCCCCCCCCCCCCc1n(CCCCCCC)cc[n+]1CCCC. The Bertz CT molecular complexity index is 505. The van der Waals surface area contributed by atoms with Gasteiger partial charge in [0.1, 0.15) is 12.4 Å². The molecule has 188 valence electrons. The van der Waals surface area contributed by atoms with Gasteiger partial charge in [-0.05, 0) is 25.7 Å². The van der Waals surface area contributed by atoms with Crippen LogP contribution in [0.4, 0.5) is 0 Å². The van der Waals surface area contributed by atoms with Crippen molar-refractivity contribution in [3.8, 4) is 0 Å². The van der Waals surface area contributed by atoms with Gasteiger partial charge in [-0.25, -0.2) is 9.13 Å².